The topological polar surface area (TPSA) is 107 Å². The van der Waals surface area contributed by atoms with Crippen LogP contribution in [-0.4, -0.2) is 23.7 Å². The molecule has 24 heavy (non-hydrogen) atoms. The molecule has 0 bridgehead atoms. The van der Waals surface area contributed by atoms with E-state index in [1.54, 1.807) is 31.2 Å². The van der Waals surface area contributed by atoms with Crippen LogP contribution in [0.2, 0.25) is 0 Å². The molecule has 0 fully saturated rings. The maximum Gasteiger partial charge on any atom is 0.327 e. The number of para-hydroxylation sites is 1. The Morgan fingerprint density at radius 3 is 3.08 bits per heavy atom. The molecule has 0 saturated carbocycles. The molecule has 1 aromatic carbocycles. The van der Waals surface area contributed by atoms with E-state index in [1.165, 1.54) is 18.7 Å². The maximum atomic E-state index is 12.2. The van der Waals surface area contributed by atoms with Crippen molar-refractivity contribution in [3.05, 3.63) is 58.4 Å². The third-order valence-corrected chi connectivity index (χ3v) is 3.04. The number of hydrogen-bond acceptors (Lipinski definition) is 7. The Kier molecular flexibility index (Phi) is 4.37. The summed E-state index contributed by atoms with van der Waals surface area (Å²) in [6.45, 7) is 2.17. The maximum absolute atomic E-state index is 12.2. The molecule has 3 aromatic rings. The zero-order chi connectivity index (χ0) is 16.9. The van der Waals surface area contributed by atoms with Gasteiger partial charge in [0.25, 0.3) is 5.89 Å². The SMILES string of the molecule is CCOc1cnc(C(=O)NN=Cc2coc3ccccc3c2=O)o1. The molecule has 8 heteroatoms. The smallest absolute Gasteiger partial charge is 0.327 e. The van der Waals surface area contributed by atoms with Crippen molar-refractivity contribution in [2.24, 2.45) is 5.10 Å². The van der Waals surface area contributed by atoms with Gasteiger partial charge in [-0.1, -0.05) is 12.1 Å². The molecule has 0 unspecified atom stereocenters. The van der Waals surface area contributed by atoms with Crippen molar-refractivity contribution in [3.8, 4) is 5.95 Å². The number of nitrogens with one attached hydrogen (secondary N) is 1. The molecule has 0 aliphatic heterocycles. The second kappa shape index (κ2) is 6.78. The Morgan fingerprint density at radius 1 is 1.42 bits per heavy atom. The Labute approximate surface area is 135 Å². The number of fused-ring (bicyclic) bond motifs is 1. The number of ether oxygens (including phenoxy) is 1. The van der Waals surface area contributed by atoms with E-state index >= 15 is 0 Å². The van der Waals surface area contributed by atoms with Crippen LogP contribution in [0, 0.1) is 0 Å². The van der Waals surface area contributed by atoms with Gasteiger partial charge in [-0.2, -0.15) is 5.10 Å². The fraction of sp³-hybridized carbons (Fsp3) is 0.125. The minimum Gasteiger partial charge on any atom is -0.464 e. The molecule has 0 spiro atoms. The van der Waals surface area contributed by atoms with E-state index in [2.05, 4.69) is 15.5 Å². The lowest BCUT2D eigenvalue weighted by Crippen LogP contribution is -2.18. The zero-order valence-corrected chi connectivity index (χ0v) is 12.7. The number of amides is 1. The highest BCUT2D eigenvalue weighted by Crippen LogP contribution is 2.12. The van der Waals surface area contributed by atoms with Gasteiger partial charge in [0.05, 0.1) is 23.8 Å². The number of rotatable bonds is 5. The zero-order valence-electron chi connectivity index (χ0n) is 12.7. The van der Waals surface area contributed by atoms with Crippen molar-refractivity contribution in [1.29, 1.82) is 0 Å². The summed E-state index contributed by atoms with van der Waals surface area (Å²) in [5.74, 6) is -0.717. The predicted molar refractivity (Wildman–Crippen MR) is 85.2 cm³/mol. The third kappa shape index (κ3) is 3.17. The Hall–Kier alpha value is -3.42. The normalized spacial score (nSPS) is 11.0. The predicted octanol–water partition coefficient (Wildman–Crippen LogP) is 1.94. The molecule has 1 amide bonds. The summed E-state index contributed by atoms with van der Waals surface area (Å²) in [5, 5.41) is 4.15. The number of aromatic nitrogens is 1. The van der Waals surface area contributed by atoms with Crippen LogP contribution in [0.3, 0.4) is 0 Å². The van der Waals surface area contributed by atoms with Crippen LogP contribution in [-0.2, 0) is 0 Å². The van der Waals surface area contributed by atoms with E-state index in [4.69, 9.17) is 13.6 Å². The number of oxazole rings is 1. The van der Waals surface area contributed by atoms with Gasteiger partial charge in [-0.05, 0) is 19.1 Å². The minimum absolute atomic E-state index is 0.141. The second-order valence-corrected chi connectivity index (χ2v) is 4.63. The molecular weight excluding hydrogens is 314 g/mol. The van der Waals surface area contributed by atoms with E-state index in [0.717, 1.165) is 0 Å². The summed E-state index contributed by atoms with van der Waals surface area (Å²) in [6.07, 6.45) is 3.77. The van der Waals surface area contributed by atoms with Crippen LogP contribution >= 0.6 is 0 Å². The number of carbonyl (C=O) groups excluding carboxylic acids is 1. The quantitative estimate of drug-likeness (QED) is 0.567. The minimum atomic E-state index is -0.664. The largest absolute Gasteiger partial charge is 0.464 e. The van der Waals surface area contributed by atoms with Crippen molar-refractivity contribution >= 4 is 23.1 Å². The van der Waals surface area contributed by atoms with Crippen molar-refractivity contribution in [3.63, 3.8) is 0 Å². The average molecular weight is 327 g/mol. The van der Waals surface area contributed by atoms with E-state index in [9.17, 15) is 9.59 Å². The van der Waals surface area contributed by atoms with Crippen LogP contribution in [0.1, 0.15) is 23.2 Å². The highest BCUT2D eigenvalue weighted by molar-refractivity contribution is 5.91. The van der Waals surface area contributed by atoms with Crippen molar-refractivity contribution in [1.82, 2.24) is 10.4 Å². The standard InChI is InChI=1S/C16H13N3O5/c1-2-22-13-8-17-16(24-13)15(21)19-18-7-10-9-23-12-6-4-3-5-11(12)14(10)20/h3-9H,2H2,1H3,(H,19,21). The van der Waals surface area contributed by atoms with Crippen LogP contribution in [0.4, 0.5) is 0 Å². The molecule has 2 aromatic heterocycles. The monoisotopic (exact) mass is 327 g/mol. The summed E-state index contributed by atoms with van der Waals surface area (Å²) in [7, 11) is 0. The molecule has 122 valence electrons. The third-order valence-electron chi connectivity index (χ3n) is 3.04. The first kappa shape index (κ1) is 15.5. The molecule has 0 radical (unpaired) electrons. The van der Waals surface area contributed by atoms with Gasteiger partial charge in [0, 0.05) is 0 Å². The Balaban J connectivity index is 1.73. The number of hydrazone groups is 1. The van der Waals surface area contributed by atoms with Crippen LogP contribution < -0.4 is 15.6 Å². The highest BCUT2D eigenvalue weighted by atomic mass is 16.6. The summed E-state index contributed by atoms with van der Waals surface area (Å²) in [4.78, 5) is 27.8. The Morgan fingerprint density at radius 2 is 2.25 bits per heavy atom. The van der Waals surface area contributed by atoms with E-state index in [0.29, 0.717) is 17.6 Å². The fourth-order valence-corrected chi connectivity index (χ4v) is 1.96. The van der Waals surface area contributed by atoms with Gasteiger partial charge in [-0.3, -0.25) is 9.59 Å². The first-order chi connectivity index (χ1) is 11.7. The van der Waals surface area contributed by atoms with Gasteiger partial charge >= 0.3 is 11.9 Å². The molecular formula is C16H13N3O5. The lowest BCUT2D eigenvalue weighted by atomic mass is 10.2. The van der Waals surface area contributed by atoms with E-state index < -0.39 is 5.91 Å². The lowest BCUT2D eigenvalue weighted by Gasteiger charge is -1.98. The molecule has 1 N–H and O–H groups in total. The van der Waals surface area contributed by atoms with Gasteiger partial charge in [0.15, 0.2) is 0 Å². The number of hydrogen-bond donors (Lipinski definition) is 1. The first-order valence-electron chi connectivity index (χ1n) is 7.11. The van der Waals surface area contributed by atoms with E-state index in [1.807, 2.05) is 0 Å². The highest BCUT2D eigenvalue weighted by Gasteiger charge is 2.13. The fourth-order valence-electron chi connectivity index (χ4n) is 1.96. The Bertz CT molecular complexity index is 958. The molecule has 0 aliphatic carbocycles. The van der Waals surface area contributed by atoms with Gasteiger partial charge in [-0.25, -0.2) is 10.4 Å². The van der Waals surface area contributed by atoms with Crippen molar-refractivity contribution in [2.45, 2.75) is 6.92 Å². The molecule has 0 atom stereocenters. The average Bonchev–Trinajstić information content (AvgIpc) is 3.06. The van der Waals surface area contributed by atoms with Crippen molar-refractivity contribution in [2.75, 3.05) is 6.61 Å². The molecule has 0 saturated heterocycles. The second-order valence-electron chi connectivity index (χ2n) is 4.63. The van der Waals surface area contributed by atoms with Gasteiger partial charge in [-0.15, -0.1) is 0 Å². The van der Waals surface area contributed by atoms with Crippen LogP contribution in [0.25, 0.3) is 11.0 Å². The van der Waals surface area contributed by atoms with Gasteiger partial charge < -0.3 is 13.6 Å². The summed E-state index contributed by atoms with van der Waals surface area (Å²) < 4.78 is 15.5. The molecule has 2 heterocycles. The first-order valence-corrected chi connectivity index (χ1v) is 7.11. The van der Waals surface area contributed by atoms with E-state index in [-0.39, 0.29) is 22.8 Å². The summed E-state index contributed by atoms with van der Waals surface area (Å²) in [5.41, 5.74) is 2.65. The summed E-state index contributed by atoms with van der Waals surface area (Å²) in [6, 6.07) is 6.85. The number of nitrogens with zero attached hydrogens (tertiary/aromatic N) is 2. The van der Waals surface area contributed by atoms with Gasteiger partial charge in [0.2, 0.25) is 5.43 Å². The number of benzene rings is 1. The lowest BCUT2D eigenvalue weighted by molar-refractivity contribution is 0.0912. The molecule has 8 nitrogen and oxygen atoms in total. The number of carbonyl (C=O) groups is 1. The molecule has 3 rings (SSSR count). The van der Waals surface area contributed by atoms with Crippen molar-refractivity contribution < 1.29 is 18.4 Å². The van der Waals surface area contributed by atoms with Crippen LogP contribution in [0.15, 0.2) is 55.5 Å². The summed E-state index contributed by atoms with van der Waals surface area (Å²) >= 11 is 0. The molecule has 0 aliphatic rings. The van der Waals surface area contributed by atoms with Crippen LogP contribution in [0.5, 0.6) is 5.95 Å². The van der Waals surface area contributed by atoms with Gasteiger partial charge in [0.1, 0.15) is 18.0 Å².